The Morgan fingerprint density at radius 1 is 1.54 bits per heavy atom. The van der Waals surface area contributed by atoms with Crippen LogP contribution in [0.5, 0.6) is 0 Å². The summed E-state index contributed by atoms with van der Waals surface area (Å²) >= 11 is 3.78. The molecule has 3 heteroatoms. The SMILES string of the molecule is CC(C)(N)CSCCc1cccs1. The van der Waals surface area contributed by atoms with Gasteiger partial charge in [-0.05, 0) is 37.5 Å². The van der Waals surface area contributed by atoms with Crippen molar-refractivity contribution in [2.45, 2.75) is 25.8 Å². The van der Waals surface area contributed by atoms with Crippen LogP contribution in [0.15, 0.2) is 17.5 Å². The number of rotatable bonds is 5. The Bertz CT molecular complexity index is 224. The van der Waals surface area contributed by atoms with Gasteiger partial charge >= 0.3 is 0 Å². The van der Waals surface area contributed by atoms with E-state index in [1.807, 2.05) is 23.1 Å². The van der Waals surface area contributed by atoms with Crippen LogP contribution in [0, 0.1) is 0 Å². The maximum absolute atomic E-state index is 5.88. The number of hydrogen-bond donors (Lipinski definition) is 1. The minimum Gasteiger partial charge on any atom is -0.325 e. The summed E-state index contributed by atoms with van der Waals surface area (Å²) in [4.78, 5) is 1.47. The Morgan fingerprint density at radius 2 is 2.31 bits per heavy atom. The molecule has 13 heavy (non-hydrogen) atoms. The minimum absolute atomic E-state index is 0.0277. The molecule has 0 fully saturated rings. The topological polar surface area (TPSA) is 26.0 Å². The molecule has 1 aromatic rings. The van der Waals surface area contributed by atoms with E-state index in [9.17, 15) is 0 Å². The van der Waals surface area contributed by atoms with Crippen LogP contribution < -0.4 is 5.73 Å². The average molecular weight is 215 g/mol. The predicted octanol–water partition coefficient (Wildman–Crippen LogP) is 2.76. The van der Waals surface area contributed by atoms with E-state index in [0.29, 0.717) is 0 Å². The lowest BCUT2D eigenvalue weighted by Gasteiger charge is -2.17. The highest BCUT2D eigenvalue weighted by Gasteiger charge is 2.09. The van der Waals surface area contributed by atoms with Crippen molar-refractivity contribution in [2.75, 3.05) is 11.5 Å². The van der Waals surface area contributed by atoms with Crippen LogP contribution in [-0.2, 0) is 6.42 Å². The van der Waals surface area contributed by atoms with E-state index in [2.05, 4.69) is 31.4 Å². The second-order valence-corrected chi connectivity index (χ2v) is 6.01. The predicted molar refractivity (Wildman–Crippen MR) is 63.6 cm³/mol. The van der Waals surface area contributed by atoms with Crippen LogP contribution in [0.25, 0.3) is 0 Å². The van der Waals surface area contributed by atoms with E-state index in [1.54, 1.807) is 0 Å². The molecular formula is C10H17NS2. The van der Waals surface area contributed by atoms with Gasteiger partial charge in [-0.3, -0.25) is 0 Å². The van der Waals surface area contributed by atoms with Crippen molar-refractivity contribution in [1.82, 2.24) is 0 Å². The van der Waals surface area contributed by atoms with Crippen molar-refractivity contribution in [3.05, 3.63) is 22.4 Å². The first-order valence-corrected chi connectivity index (χ1v) is 6.50. The van der Waals surface area contributed by atoms with Crippen molar-refractivity contribution in [3.8, 4) is 0 Å². The lowest BCUT2D eigenvalue weighted by Crippen LogP contribution is -2.34. The fraction of sp³-hybridized carbons (Fsp3) is 0.600. The Morgan fingerprint density at radius 3 is 2.85 bits per heavy atom. The molecule has 1 nitrogen and oxygen atoms in total. The van der Waals surface area contributed by atoms with Gasteiger partial charge in [0.05, 0.1) is 0 Å². The molecule has 1 heterocycles. The highest BCUT2D eigenvalue weighted by atomic mass is 32.2. The Balaban J connectivity index is 2.09. The lowest BCUT2D eigenvalue weighted by atomic mass is 10.1. The number of thiophene rings is 1. The molecule has 0 aliphatic carbocycles. The third-order valence-electron chi connectivity index (χ3n) is 1.55. The van der Waals surface area contributed by atoms with Gasteiger partial charge in [-0.2, -0.15) is 11.8 Å². The molecule has 0 saturated carbocycles. The van der Waals surface area contributed by atoms with Crippen LogP contribution in [0.2, 0.25) is 0 Å². The summed E-state index contributed by atoms with van der Waals surface area (Å²) in [6, 6.07) is 4.30. The highest BCUT2D eigenvalue weighted by Crippen LogP contribution is 2.15. The summed E-state index contributed by atoms with van der Waals surface area (Å²) in [6.45, 7) is 4.15. The first-order chi connectivity index (χ1) is 6.08. The normalized spacial score (nSPS) is 11.9. The number of thioether (sulfide) groups is 1. The van der Waals surface area contributed by atoms with E-state index in [0.717, 1.165) is 5.75 Å². The van der Waals surface area contributed by atoms with Crippen molar-refractivity contribution in [1.29, 1.82) is 0 Å². The van der Waals surface area contributed by atoms with Gasteiger partial charge in [0.2, 0.25) is 0 Å². The molecule has 2 N–H and O–H groups in total. The summed E-state index contributed by atoms with van der Waals surface area (Å²) < 4.78 is 0. The molecule has 0 aromatic carbocycles. The zero-order valence-corrected chi connectivity index (χ0v) is 9.88. The summed E-state index contributed by atoms with van der Waals surface area (Å²) in [5, 5.41) is 2.13. The van der Waals surface area contributed by atoms with Crippen LogP contribution >= 0.6 is 23.1 Å². The highest BCUT2D eigenvalue weighted by molar-refractivity contribution is 7.99. The van der Waals surface area contributed by atoms with Gasteiger partial charge in [0.1, 0.15) is 0 Å². The molecule has 1 aromatic heterocycles. The summed E-state index contributed by atoms with van der Waals surface area (Å²) in [7, 11) is 0. The fourth-order valence-corrected chi connectivity index (χ4v) is 2.84. The zero-order chi connectivity index (χ0) is 9.73. The Hall–Kier alpha value is 0.01000. The zero-order valence-electron chi connectivity index (χ0n) is 8.25. The first kappa shape index (κ1) is 11.1. The van der Waals surface area contributed by atoms with Crippen molar-refractivity contribution in [3.63, 3.8) is 0 Å². The van der Waals surface area contributed by atoms with E-state index in [-0.39, 0.29) is 5.54 Å². The third kappa shape index (κ3) is 5.34. The quantitative estimate of drug-likeness (QED) is 0.764. The molecular weight excluding hydrogens is 198 g/mol. The number of nitrogens with two attached hydrogens (primary N) is 1. The van der Waals surface area contributed by atoms with Gasteiger partial charge in [0, 0.05) is 16.2 Å². The van der Waals surface area contributed by atoms with Crippen LogP contribution in [0.1, 0.15) is 18.7 Å². The van der Waals surface area contributed by atoms with Crippen molar-refractivity contribution in [2.24, 2.45) is 5.73 Å². The van der Waals surface area contributed by atoms with E-state index >= 15 is 0 Å². The monoisotopic (exact) mass is 215 g/mol. The largest absolute Gasteiger partial charge is 0.325 e. The molecule has 0 radical (unpaired) electrons. The molecule has 1 rings (SSSR count). The molecule has 0 atom stereocenters. The van der Waals surface area contributed by atoms with Gasteiger partial charge in [0.25, 0.3) is 0 Å². The fourth-order valence-electron chi connectivity index (χ4n) is 0.963. The van der Waals surface area contributed by atoms with E-state index in [1.165, 1.54) is 17.1 Å². The maximum Gasteiger partial charge on any atom is 0.0188 e. The smallest absolute Gasteiger partial charge is 0.0188 e. The Kier molecular flexibility index (Phi) is 4.29. The molecule has 0 aliphatic rings. The summed E-state index contributed by atoms with van der Waals surface area (Å²) in [6.07, 6.45) is 1.18. The van der Waals surface area contributed by atoms with Gasteiger partial charge < -0.3 is 5.73 Å². The second kappa shape index (κ2) is 5.03. The van der Waals surface area contributed by atoms with Gasteiger partial charge in [-0.1, -0.05) is 6.07 Å². The van der Waals surface area contributed by atoms with Crippen molar-refractivity contribution < 1.29 is 0 Å². The number of hydrogen-bond acceptors (Lipinski definition) is 3. The van der Waals surface area contributed by atoms with E-state index < -0.39 is 0 Å². The second-order valence-electron chi connectivity index (χ2n) is 3.87. The van der Waals surface area contributed by atoms with E-state index in [4.69, 9.17) is 5.73 Å². The van der Waals surface area contributed by atoms with Crippen LogP contribution in [0.4, 0.5) is 0 Å². The minimum atomic E-state index is -0.0277. The van der Waals surface area contributed by atoms with Gasteiger partial charge in [-0.15, -0.1) is 11.3 Å². The molecule has 0 amide bonds. The van der Waals surface area contributed by atoms with Crippen molar-refractivity contribution >= 4 is 23.1 Å². The molecule has 74 valence electrons. The Labute approximate surface area is 88.7 Å². The standard InChI is InChI=1S/C10H17NS2/c1-10(2,11)8-12-7-5-9-4-3-6-13-9/h3-4,6H,5,7-8,11H2,1-2H3. The lowest BCUT2D eigenvalue weighted by molar-refractivity contribution is 0.591. The summed E-state index contributed by atoms with van der Waals surface area (Å²) in [5.41, 5.74) is 5.85. The molecule has 0 saturated heterocycles. The van der Waals surface area contributed by atoms with Gasteiger partial charge in [0.15, 0.2) is 0 Å². The third-order valence-corrected chi connectivity index (χ3v) is 3.92. The molecule has 0 bridgehead atoms. The maximum atomic E-state index is 5.88. The summed E-state index contributed by atoms with van der Waals surface area (Å²) in [5.74, 6) is 2.22. The molecule has 0 unspecified atom stereocenters. The average Bonchev–Trinajstić information content (AvgIpc) is 2.48. The van der Waals surface area contributed by atoms with Gasteiger partial charge in [-0.25, -0.2) is 0 Å². The first-order valence-electron chi connectivity index (χ1n) is 4.47. The molecule has 0 spiro atoms. The van der Waals surface area contributed by atoms with Crippen LogP contribution in [-0.4, -0.2) is 17.0 Å². The van der Waals surface area contributed by atoms with Crippen LogP contribution in [0.3, 0.4) is 0 Å². The molecule has 0 aliphatic heterocycles. The number of aryl methyl sites for hydroxylation is 1.